The van der Waals surface area contributed by atoms with Crippen molar-refractivity contribution >= 4 is 11.4 Å². The molecule has 0 unspecified atom stereocenters. The van der Waals surface area contributed by atoms with E-state index >= 15 is 0 Å². The monoisotopic (exact) mass is 236 g/mol. The van der Waals surface area contributed by atoms with Crippen LogP contribution in [0.15, 0.2) is 18.2 Å². The third-order valence-corrected chi connectivity index (χ3v) is 2.61. The van der Waals surface area contributed by atoms with E-state index in [1.165, 1.54) is 5.56 Å². The van der Waals surface area contributed by atoms with E-state index < -0.39 is 0 Å². The lowest BCUT2D eigenvalue weighted by Gasteiger charge is -2.10. The molecule has 1 aromatic rings. The van der Waals surface area contributed by atoms with E-state index in [-0.39, 0.29) is 0 Å². The number of anilines is 2. The van der Waals surface area contributed by atoms with Crippen LogP contribution in [0, 0.1) is 12.8 Å². The van der Waals surface area contributed by atoms with Crippen LogP contribution < -0.4 is 11.1 Å². The number of aryl methyl sites for hydroxylation is 1. The third kappa shape index (κ3) is 5.59. The molecule has 0 saturated carbocycles. The zero-order valence-corrected chi connectivity index (χ0v) is 11.1. The van der Waals surface area contributed by atoms with E-state index in [1.807, 2.05) is 19.1 Å². The van der Waals surface area contributed by atoms with Crippen molar-refractivity contribution in [1.29, 1.82) is 0 Å². The molecule has 1 aromatic carbocycles. The molecular formula is C14H24N2O. The van der Waals surface area contributed by atoms with E-state index in [1.54, 1.807) is 0 Å². The van der Waals surface area contributed by atoms with Gasteiger partial charge < -0.3 is 15.8 Å². The highest BCUT2D eigenvalue weighted by Crippen LogP contribution is 2.18. The molecule has 0 bridgehead atoms. The Morgan fingerprint density at radius 1 is 1.29 bits per heavy atom. The van der Waals surface area contributed by atoms with Gasteiger partial charge in [-0.1, -0.05) is 19.9 Å². The number of hydrogen-bond acceptors (Lipinski definition) is 3. The predicted octanol–water partition coefficient (Wildman–Crippen LogP) is 3.05. The second-order valence-corrected chi connectivity index (χ2v) is 4.81. The first-order chi connectivity index (χ1) is 8.09. The average Bonchev–Trinajstić information content (AvgIpc) is 2.25. The maximum atomic E-state index is 5.90. The minimum absolute atomic E-state index is 0.704. The molecule has 3 heteroatoms. The van der Waals surface area contributed by atoms with Crippen molar-refractivity contribution < 1.29 is 4.74 Å². The van der Waals surface area contributed by atoms with Gasteiger partial charge >= 0.3 is 0 Å². The molecule has 0 aromatic heterocycles. The van der Waals surface area contributed by atoms with Crippen LogP contribution in [0.1, 0.15) is 25.8 Å². The van der Waals surface area contributed by atoms with Gasteiger partial charge in [0.2, 0.25) is 0 Å². The minimum Gasteiger partial charge on any atom is -0.397 e. The van der Waals surface area contributed by atoms with E-state index in [4.69, 9.17) is 10.5 Å². The van der Waals surface area contributed by atoms with E-state index in [0.29, 0.717) is 5.92 Å². The van der Waals surface area contributed by atoms with Gasteiger partial charge in [-0.2, -0.15) is 0 Å². The molecule has 0 aliphatic carbocycles. The van der Waals surface area contributed by atoms with Crippen LogP contribution in [-0.4, -0.2) is 19.8 Å². The first-order valence-electron chi connectivity index (χ1n) is 6.27. The Balaban J connectivity index is 2.18. The highest BCUT2D eigenvalue weighted by molar-refractivity contribution is 5.66. The summed E-state index contributed by atoms with van der Waals surface area (Å²) in [6.07, 6.45) is 1.12. The number of rotatable bonds is 7. The van der Waals surface area contributed by atoms with Crippen molar-refractivity contribution in [2.24, 2.45) is 5.92 Å². The summed E-state index contributed by atoms with van der Waals surface area (Å²) >= 11 is 0. The first kappa shape index (κ1) is 13.8. The summed E-state index contributed by atoms with van der Waals surface area (Å²) in [5, 5.41) is 3.28. The van der Waals surface area contributed by atoms with Gasteiger partial charge in [0.05, 0.1) is 18.0 Å². The molecule has 0 fully saturated rings. The molecule has 17 heavy (non-hydrogen) atoms. The third-order valence-electron chi connectivity index (χ3n) is 2.61. The molecule has 96 valence electrons. The van der Waals surface area contributed by atoms with Crippen LogP contribution in [0.3, 0.4) is 0 Å². The lowest BCUT2D eigenvalue weighted by atomic mass is 10.1. The maximum Gasteiger partial charge on any atom is 0.0639 e. The van der Waals surface area contributed by atoms with Gasteiger partial charge in [-0.05, 0) is 37.0 Å². The van der Waals surface area contributed by atoms with Gasteiger partial charge in [-0.15, -0.1) is 0 Å². The Bertz CT molecular complexity index is 337. The fourth-order valence-corrected chi connectivity index (χ4v) is 1.52. The zero-order valence-electron chi connectivity index (χ0n) is 11.1. The average molecular weight is 236 g/mol. The summed E-state index contributed by atoms with van der Waals surface area (Å²) in [6, 6.07) is 6.04. The number of ether oxygens (including phenoxy) is 1. The lowest BCUT2D eigenvalue weighted by Crippen LogP contribution is -2.11. The molecule has 0 radical (unpaired) electrons. The number of hydrogen-bond donors (Lipinski definition) is 2. The standard InChI is InChI=1S/C14H24N2O/c1-11(2)6-8-17-9-7-16-14-5-4-12(3)10-13(14)15/h4-5,10-11,16H,6-9,15H2,1-3H3. The number of benzene rings is 1. The van der Waals surface area contributed by atoms with Crippen LogP contribution in [0.4, 0.5) is 11.4 Å². The van der Waals surface area contributed by atoms with E-state index in [9.17, 15) is 0 Å². The molecule has 0 amide bonds. The summed E-state index contributed by atoms with van der Waals surface area (Å²) in [4.78, 5) is 0. The topological polar surface area (TPSA) is 47.3 Å². The predicted molar refractivity (Wildman–Crippen MR) is 74.4 cm³/mol. The fourth-order valence-electron chi connectivity index (χ4n) is 1.52. The molecule has 0 aliphatic rings. The van der Waals surface area contributed by atoms with Crippen molar-refractivity contribution in [2.75, 3.05) is 30.8 Å². The summed E-state index contributed by atoms with van der Waals surface area (Å²) in [5.41, 5.74) is 8.87. The van der Waals surface area contributed by atoms with Crippen LogP contribution >= 0.6 is 0 Å². The summed E-state index contributed by atoms with van der Waals surface area (Å²) in [5.74, 6) is 0.704. The molecule has 3 N–H and O–H groups in total. The van der Waals surface area contributed by atoms with Crippen molar-refractivity contribution in [2.45, 2.75) is 27.2 Å². The highest BCUT2D eigenvalue weighted by atomic mass is 16.5. The minimum atomic E-state index is 0.704. The molecule has 0 saturated heterocycles. The number of nitrogens with two attached hydrogens (primary N) is 1. The Hall–Kier alpha value is -1.22. The normalized spacial score (nSPS) is 10.8. The van der Waals surface area contributed by atoms with Crippen LogP contribution in [0.5, 0.6) is 0 Å². The molecule has 3 nitrogen and oxygen atoms in total. The van der Waals surface area contributed by atoms with E-state index in [0.717, 1.165) is 37.6 Å². The molecule has 0 aliphatic heterocycles. The van der Waals surface area contributed by atoms with Crippen LogP contribution in [0.2, 0.25) is 0 Å². The molecule has 0 atom stereocenters. The summed E-state index contributed by atoms with van der Waals surface area (Å²) in [6.45, 7) is 8.80. The molecule has 1 rings (SSSR count). The largest absolute Gasteiger partial charge is 0.397 e. The van der Waals surface area contributed by atoms with Crippen LogP contribution in [0.25, 0.3) is 0 Å². The molecule has 0 heterocycles. The quantitative estimate of drug-likeness (QED) is 0.565. The Kier molecular flexibility index (Phi) is 5.84. The van der Waals surface area contributed by atoms with Gasteiger partial charge in [0, 0.05) is 13.2 Å². The van der Waals surface area contributed by atoms with Crippen molar-refractivity contribution in [3.63, 3.8) is 0 Å². The van der Waals surface area contributed by atoms with Gasteiger partial charge in [-0.25, -0.2) is 0 Å². The Morgan fingerprint density at radius 2 is 2.06 bits per heavy atom. The van der Waals surface area contributed by atoms with Gasteiger partial charge in [0.25, 0.3) is 0 Å². The van der Waals surface area contributed by atoms with Crippen molar-refractivity contribution in [3.05, 3.63) is 23.8 Å². The fraction of sp³-hybridized carbons (Fsp3) is 0.571. The summed E-state index contributed by atoms with van der Waals surface area (Å²) < 4.78 is 5.53. The summed E-state index contributed by atoms with van der Waals surface area (Å²) in [7, 11) is 0. The second kappa shape index (κ2) is 7.17. The van der Waals surface area contributed by atoms with E-state index in [2.05, 4.69) is 25.2 Å². The zero-order chi connectivity index (χ0) is 12.7. The number of nitrogen functional groups attached to an aromatic ring is 1. The smallest absolute Gasteiger partial charge is 0.0639 e. The molecule has 0 spiro atoms. The number of nitrogens with one attached hydrogen (secondary N) is 1. The first-order valence-corrected chi connectivity index (χ1v) is 6.27. The molecular weight excluding hydrogens is 212 g/mol. The van der Waals surface area contributed by atoms with Crippen molar-refractivity contribution in [1.82, 2.24) is 0 Å². The Labute approximate surface area is 104 Å². The van der Waals surface area contributed by atoms with Gasteiger partial charge in [-0.3, -0.25) is 0 Å². The Morgan fingerprint density at radius 3 is 2.71 bits per heavy atom. The SMILES string of the molecule is Cc1ccc(NCCOCCC(C)C)c(N)c1. The van der Waals surface area contributed by atoms with Gasteiger partial charge in [0.1, 0.15) is 0 Å². The van der Waals surface area contributed by atoms with Crippen molar-refractivity contribution in [3.8, 4) is 0 Å². The lowest BCUT2D eigenvalue weighted by molar-refractivity contribution is 0.133. The van der Waals surface area contributed by atoms with Gasteiger partial charge in [0.15, 0.2) is 0 Å². The second-order valence-electron chi connectivity index (χ2n) is 4.81. The van der Waals surface area contributed by atoms with Crippen LogP contribution in [-0.2, 0) is 4.74 Å². The maximum absolute atomic E-state index is 5.90. The highest BCUT2D eigenvalue weighted by Gasteiger charge is 1.98.